The molecule has 1 aromatic heterocycles. The summed E-state index contributed by atoms with van der Waals surface area (Å²) < 4.78 is 6.46. The van der Waals surface area contributed by atoms with Crippen LogP contribution in [-0.2, 0) is 0 Å². The molecule has 16 heavy (non-hydrogen) atoms. The van der Waals surface area contributed by atoms with Gasteiger partial charge >= 0.3 is 0 Å². The van der Waals surface area contributed by atoms with Crippen LogP contribution in [0.15, 0.2) is 28.2 Å². The molecule has 0 aliphatic heterocycles. The SMILES string of the molecule is CCCOc1ccccc1-c1nnc(Br)s1. The normalized spacial score (nSPS) is 10.4. The first-order chi connectivity index (χ1) is 7.81. The molecular weight excluding hydrogens is 288 g/mol. The molecule has 1 aromatic carbocycles. The minimum absolute atomic E-state index is 0.719. The van der Waals surface area contributed by atoms with Crippen LogP contribution >= 0.6 is 27.3 Å². The summed E-state index contributed by atoms with van der Waals surface area (Å²) in [6, 6.07) is 7.90. The second-order valence-electron chi connectivity index (χ2n) is 3.20. The summed E-state index contributed by atoms with van der Waals surface area (Å²) in [6.45, 7) is 2.81. The Morgan fingerprint density at radius 2 is 2.12 bits per heavy atom. The van der Waals surface area contributed by atoms with Gasteiger partial charge in [-0.05, 0) is 34.5 Å². The van der Waals surface area contributed by atoms with Crippen molar-refractivity contribution >= 4 is 27.3 Å². The van der Waals surface area contributed by atoms with Crippen LogP contribution in [0.5, 0.6) is 5.75 Å². The second kappa shape index (κ2) is 5.41. The maximum Gasteiger partial charge on any atom is 0.183 e. The summed E-state index contributed by atoms with van der Waals surface area (Å²) in [5, 5.41) is 8.91. The molecule has 0 saturated heterocycles. The Labute approximate surface area is 107 Å². The first-order valence-corrected chi connectivity index (χ1v) is 6.63. The lowest BCUT2D eigenvalue weighted by molar-refractivity contribution is 0.318. The number of rotatable bonds is 4. The molecule has 1 heterocycles. The van der Waals surface area contributed by atoms with Crippen molar-refractivity contribution in [3.8, 4) is 16.3 Å². The first kappa shape index (κ1) is 11.5. The Balaban J connectivity index is 2.32. The lowest BCUT2D eigenvalue weighted by Crippen LogP contribution is -1.96. The van der Waals surface area contributed by atoms with Crippen molar-refractivity contribution in [2.24, 2.45) is 0 Å². The van der Waals surface area contributed by atoms with Crippen LogP contribution in [0.25, 0.3) is 10.6 Å². The monoisotopic (exact) mass is 298 g/mol. The van der Waals surface area contributed by atoms with Gasteiger partial charge in [-0.1, -0.05) is 30.4 Å². The molecule has 2 rings (SSSR count). The quantitative estimate of drug-likeness (QED) is 0.862. The topological polar surface area (TPSA) is 35.0 Å². The summed E-state index contributed by atoms with van der Waals surface area (Å²) in [4.78, 5) is 0. The highest BCUT2D eigenvalue weighted by Gasteiger charge is 2.10. The first-order valence-electron chi connectivity index (χ1n) is 5.02. The minimum Gasteiger partial charge on any atom is -0.493 e. The number of para-hydroxylation sites is 1. The molecule has 0 saturated carbocycles. The zero-order valence-electron chi connectivity index (χ0n) is 8.81. The van der Waals surface area contributed by atoms with Gasteiger partial charge in [-0.25, -0.2) is 0 Å². The summed E-state index contributed by atoms with van der Waals surface area (Å²) >= 11 is 4.81. The fraction of sp³-hybridized carbons (Fsp3) is 0.273. The van der Waals surface area contributed by atoms with Gasteiger partial charge in [0.05, 0.1) is 12.2 Å². The lowest BCUT2D eigenvalue weighted by Gasteiger charge is -2.07. The molecule has 3 nitrogen and oxygen atoms in total. The highest BCUT2D eigenvalue weighted by atomic mass is 79.9. The molecular formula is C11H11BrN2OS. The second-order valence-corrected chi connectivity index (χ2v) is 5.46. The van der Waals surface area contributed by atoms with Crippen molar-refractivity contribution in [3.63, 3.8) is 0 Å². The molecule has 0 bridgehead atoms. The van der Waals surface area contributed by atoms with E-state index in [9.17, 15) is 0 Å². The van der Waals surface area contributed by atoms with Crippen LogP contribution < -0.4 is 4.74 Å². The van der Waals surface area contributed by atoms with Crippen LogP contribution in [0.2, 0.25) is 0 Å². The Hall–Kier alpha value is -0.940. The van der Waals surface area contributed by atoms with Crippen LogP contribution in [-0.4, -0.2) is 16.8 Å². The van der Waals surface area contributed by atoms with Gasteiger partial charge in [-0.15, -0.1) is 10.2 Å². The highest BCUT2D eigenvalue weighted by Crippen LogP contribution is 2.33. The maximum atomic E-state index is 5.67. The molecule has 0 aliphatic rings. The van der Waals surface area contributed by atoms with Gasteiger partial charge in [0.1, 0.15) is 5.75 Å². The van der Waals surface area contributed by atoms with E-state index in [-0.39, 0.29) is 0 Å². The van der Waals surface area contributed by atoms with Crippen molar-refractivity contribution in [3.05, 3.63) is 28.2 Å². The number of ether oxygens (including phenoxy) is 1. The maximum absolute atomic E-state index is 5.67. The fourth-order valence-electron chi connectivity index (χ4n) is 1.30. The van der Waals surface area contributed by atoms with Gasteiger partial charge in [-0.2, -0.15) is 0 Å². The van der Waals surface area contributed by atoms with Crippen LogP contribution in [0.3, 0.4) is 0 Å². The zero-order chi connectivity index (χ0) is 11.4. The van der Waals surface area contributed by atoms with E-state index in [1.165, 1.54) is 11.3 Å². The van der Waals surface area contributed by atoms with E-state index >= 15 is 0 Å². The van der Waals surface area contributed by atoms with Gasteiger partial charge in [0.2, 0.25) is 0 Å². The number of halogens is 1. The summed E-state index contributed by atoms with van der Waals surface area (Å²) in [5.74, 6) is 0.869. The molecule has 0 fully saturated rings. The predicted molar refractivity (Wildman–Crippen MR) is 68.8 cm³/mol. The van der Waals surface area contributed by atoms with Gasteiger partial charge in [0, 0.05) is 0 Å². The number of aromatic nitrogens is 2. The Morgan fingerprint density at radius 1 is 1.31 bits per heavy atom. The largest absolute Gasteiger partial charge is 0.493 e. The van der Waals surface area contributed by atoms with E-state index in [1.807, 2.05) is 24.3 Å². The predicted octanol–water partition coefficient (Wildman–Crippen LogP) is 3.76. The number of benzene rings is 1. The van der Waals surface area contributed by atoms with Crippen molar-refractivity contribution in [2.45, 2.75) is 13.3 Å². The number of nitrogens with zero attached hydrogens (tertiary/aromatic N) is 2. The van der Waals surface area contributed by atoms with E-state index in [4.69, 9.17) is 4.74 Å². The van der Waals surface area contributed by atoms with E-state index in [0.29, 0.717) is 0 Å². The molecule has 0 spiro atoms. The molecule has 0 radical (unpaired) electrons. The number of hydrogen-bond donors (Lipinski definition) is 0. The third-order valence-corrected chi connectivity index (χ3v) is 3.37. The fourth-order valence-corrected chi connectivity index (χ4v) is 2.44. The van der Waals surface area contributed by atoms with Gasteiger partial charge < -0.3 is 4.74 Å². The summed E-state index contributed by atoms with van der Waals surface area (Å²) in [7, 11) is 0. The van der Waals surface area contributed by atoms with E-state index in [1.54, 1.807) is 0 Å². The van der Waals surface area contributed by atoms with E-state index in [0.717, 1.165) is 33.3 Å². The van der Waals surface area contributed by atoms with Gasteiger partial charge in [0.15, 0.2) is 8.92 Å². The Morgan fingerprint density at radius 3 is 2.81 bits per heavy atom. The molecule has 0 N–H and O–H groups in total. The summed E-state index contributed by atoms with van der Waals surface area (Å²) in [5.41, 5.74) is 0.999. The molecule has 2 aromatic rings. The van der Waals surface area contributed by atoms with Crippen molar-refractivity contribution in [2.75, 3.05) is 6.61 Å². The van der Waals surface area contributed by atoms with Crippen molar-refractivity contribution in [1.82, 2.24) is 10.2 Å². The molecule has 0 amide bonds. The zero-order valence-corrected chi connectivity index (χ0v) is 11.2. The highest BCUT2D eigenvalue weighted by molar-refractivity contribution is 9.11. The van der Waals surface area contributed by atoms with Crippen LogP contribution in [0, 0.1) is 0 Å². The molecule has 5 heteroatoms. The van der Waals surface area contributed by atoms with Crippen molar-refractivity contribution < 1.29 is 4.74 Å². The standard InChI is InChI=1S/C11H11BrN2OS/c1-2-7-15-9-6-4-3-5-8(9)10-13-14-11(12)16-10/h3-6H,2,7H2,1H3. The smallest absolute Gasteiger partial charge is 0.183 e. The molecule has 0 atom stereocenters. The van der Waals surface area contributed by atoms with Crippen LogP contribution in [0.4, 0.5) is 0 Å². The average molecular weight is 299 g/mol. The van der Waals surface area contributed by atoms with E-state index in [2.05, 4.69) is 33.1 Å². The van der Waals surface area contributed by atoms with Gasteiger partial charge in [-0.3, -0.25) is 0 Å². The third kappa shape index (κ3) is 2.59. The lowest BCUT2D eigenvalue weighted by atomic mass is 10.2. The van der Waals surface area contributed by atoms with Crippen LogP contribution in [0.1, 0.15) is 13.3 Å². The molecule has 0 aliphatic carbocycles. The molecule has 0 unspecified atom stereocenters. The number of hydrogen-bond acceptors (Lipinski definition) is 4. The minimum atomic E-state index is 0.719. The molecule has 84 valence electrons. The third-order valence-electron chi connectivity index (χ3n) is 1.98. The van der Waals surface area contributed by atoms with E-state index < -0.39 is 0 Å². The summed E-state index contributed by atoms with van der Waals surface area (Å²) in [6.07, 6.45) is 0.994. The average Bonchev–Trinajstić information content (AvgIpc) is 2.73. The van der Waals surface area contributed by atoms with Crippen molar-refractivity contribution in [1.29, 1.82) is 0 Å². The Kier molecular flexibility index (Phi) is 3.90. The Bertz CT molecular complexity index is 473. The van der Waals surface area contributed by atoms with Gasteiger partial charge in [0.25, 0.3) is 0 Å².